The van der Waals surface area contributed by atoms with Gasteiger partial charge >= 0.3 is 0 Å². The van der Waals surface area contributed by atoms with Crippen molar-refractivity contribution in [2.24, 2.45) is 0 Å². The minimum absolute atomic E-state index is 0.253. The first-order valence-electron chi connectivity index (χ1n) is 8.31. The molecule has 1 heterocycles. The number of halogens is 2. The van der Waals surface area contributed by atoms with Gasteiger partial charge in [-0.05, 0) is 43.5 Å². The molecule has 3 rings (SSSR count). The summed E-state index contributed by atoms with van der Waals surface area (Å²) in [5, 5.41) is 3.53. The van der Waals surface area contributed by atoms with Gasteiger partial charge in [0, 0.05) is 11.3 Å². The average Bonchev–Trinajstić information content (AvgIpc) is 2.60. The maximum atomic E-state index is 12.3. The third-order valence-electron chi connectivity index (χ3n) is 4.42. The standard InChI is InChI=1S/C19H20Cl2N2O/c20-17-6-4-5-16(18(17)21)19(24)22-15-9-7-14(8-10-15)13-23-11-2-1-3-12-23/h4-10H,1-3,11-13H2,(H,22,24)/p+1. The zero-order valence-electron chi connectivity index (χ0n) is 13.4. The molecule has 0 aromatic heterocycles. The highest BCUT2D eigenvalue weighted by Gasteiger charge is 2.15. The van der Waals surface area contributed by atoms with Crippen molar-refractivity contribution in [1.29, 1.82) is 0 Å². The number of rotatable bonds is 4. The molecule has 1 saturated heterocycles. The average molecular weight is 364 g/mol. The van der Waals surface area contributed by atoms with Crippen LogP contribution in [0.15, 0.2) is 42.5 Å². The fourth-order valence-corrected chi connectivity index (χ4v) is 3.49. The molecule has 2 aromatic carbocycles. The van der Waals surface area contributed by atoms with E-state index in [9.17, 15) is 4.79 Å². The largest absolute Gasteiger partial charge is 0.331 e. The van der Waals surface area contributed by atoms with Gasteiger partial charge in [0.1, 0.15) is 6.54 Å². The van der Waals surface area contributed by atoms with Crippen LogP contribution in [0.3, 0.4) is 0 Å². The van der Waals surface area contributed by atoms with E-state index in [0.29, 0.717) is 10.6 Å². The van der Waals surface area contributed by atoms with Crippen LogP contribution in [0.2, 0.25) is 10.0 Å². The summed E-state index contributed by atoms with van der Waals surface area (Å²) >= 11 is 12.1. The normalized spacial score (nSPS) is 15.2. The Labute approximate surface area is 152 Å². The van der Waals surface area contributed by atoms with Gasteiger partial charge in [-0.1, -0.05) is 41.4 Å². The molecule has 0 atom stereocenters. The Morgan fingerprint density at radius 1 is 1.00 bits per heavy atom. The molecule has 1 fully saturated rings. The number of carbonyl (C=O) groups excluding carboxylic acids is 1. The van der Waals surface area contributed by atoms with E-state index in [0.717, 1.165) is 12.2 Å². The molecule has 126 valence electrons. The second kappa shape index (κ2) is 8.02. The first kappa shape index (κ1) is 17.3. The maximum Gasteiger partial charge on any atom is 0.257 e. The van der Waals surface area contributed by atoms with E-state index in [-0.39, 0.29) is 10.9 Å². The molecule has 0 unspecified atom stereocenters. The third kappa shape index (κ3) is 4.29. The molecule has 3 nitrogen and oxygen atoms in total. The van der Waals surface area contributed by atoms with Gasteiger partial charge in [-0.15, -0.1) is 0 Å². The number of benzene rings is 2. The van der Waals surface area contributed by atoms with Gasteiger partial charge in [-0.2, -0.15) is 0 Å². The van der Waals surface area contributed by atoms with Crippen molar-refractivity contribution in [1.82, 2.24) is 0 Å². The quantitative estimate of drug-likeness (QED) is 0.850. The summed E-state index contributed by atoms with van der Waals surface area (Å²) in [6.07, 6.45) is 4.01. The van der Waals surface area contributed by atoms with Gasteiger partial charge in [0.25, 0.3) is 5.91 Å². The van der Waals surface area contributed by atoms with E-state index in [4.69, 9.17) is 23.2 Å². The van der Waals surface area contributed by atoms with Crippen molar-refractivity contribution in [3.63, 3.8) is 0 Å². The van der Waals surface area contributed by atoms with Crippen LogP contribution >= 0.6 is 23.2 Å². The highest BCUT2D eigenvalue weighted by Crippen LogP contribution is 2.26. The Morgan fingerprint density at radius 2 is 1.71 bits per heavy atom. The zero-order valence-corrected chi connectivity index (χ0v) is 15.0. The molecule has 2 aromatic rings. The Bertz CT molecular complexity index is 710. The van der Waals surface area contributed by atoms with Crippen LogP contribution in [0.25, 0.3) is 0 Å². The number of likely N-dealkylation sites (tertiary alicyclic amines) is 1. The summed E-state index contributed by atoms with van der Waals surface area (Å²) in [6.45, 7) is 3.56. The SMILES string of the molecule is O=C(Nc1ccc(C[NH+]2CCCCC2)cc1)c1cccc(Cl)c1Cl. The summed E-state index contributed by atoms with van der Waals surface area (Å²) < 4.78 is 0. The van der Waals surface area contributed by atoms with Crippen LogP contribution in [0.4, 0.5) is 5.69 Å². The lowest BCUT2D eigenvalue weighted by Crippen LogP contribution is -3.11. The predicted molar refractivity (Wildman–Crippen MR) is 99.1 cm³/mol. The molecule has 1 aliphatic rings. The summed E-state index contributed by atoms with van der Waals surface area (Å²) in [5.41, 5.74) is 2.44. The zero-order chi connectivity index (χ0) is 16.9. The van der Waals surface area contributed by atoms with Crippen LogP contribution in [0, 0.1) is 0 Å². The predicted octanol–water partition coefficient (Wildman–Crippen LogP) is 3.81. The van der Waals surface area contributed by atoms with Gasteiger partial charge in [-0.25, -0.2) is 0 Å². The molecule has 1 aliphatic heterocycles. The second-order valence-corrected chi connectivity index (χ2v) is 7.03. The Balaban J connectivity index is 1.63. The first-order chi connectivity index (χ1) is 11.6. The van der Waals surface area contributed by atoms with Crippen LogP contribution < -0.4 is 10.2 Å². The van der Waals surface area contributed by atoms with Crippen LogP contribution in [-0.4, -0.2) is 19.0 Å². The van der Waals surface area contributed by atoms with Crippen molar-refractivity contribution in [3.8, 4) is 0 Å². The highest BCUT2D eigenvalue weighted by atomic mass is 35.5. The van der Waals surface area contributed by atoms with E-state index in [1.54, 1.807) is 23.1 Å². The van der Waals surface area contributed by atoms with Crippen molar-refractivity contribution < 1.29 is 9.69 Å². The summed E-state index contributed by atoms with van der Waals surface area (Å²) in [6, 6.07) is 13.1. The summed E-state index contributed by atoms with van der Waals surface area (Å²) in [4.78, 5) is 14.0. The maximum absolute atomic E-state index is 12.3. The van der Waals surface area contributed by atoms with Crippen molar-refractivity contribution >= 4 is 34.8 Å². The molecular weight excluding hydrogens is 343 g/mol. The minimum Gasteiger partial charge on any atom is -0.331 e. The molecule has 0 radical (unpaired) electrons. The van der Waals surface area contributed by atoms with E-state index in [1.165, 1.54) is 37.9 Å². The Morgan fingerprint density at radius 3 is 2.42 bits per heavy atom. The molecule has 0 aliphatic carbocycles. The second-order valence-electron chi connectivity index (χ2n) is 6.24. The van der Waals surface area contributed by atoms with E-state index in [2.05, 4.69) is 17.4 Å². The van der Waals surface area contributed by atoms with Crippen molar-refractivity contribution in [2.75, 3.05) is 18.4 Å². The van der Waals surface area contributed by atoms with Gasteiger partial charge in [0.2, 0.25) is 0 Å². The third-order valence-corrected chi connectivity index (χ3v) is 5.24. The molecule has 1 amide bonds. The number of nitrogens with one attached hydrogen (secondary N) is 2. The Hall–Kier alpha value is -1.55. The number of carbonyl (C=O) groups is 1. The number of hydrogen-bond acceptors (Lipinski definition) is 1. The van der Waals surface area contributed by atoms with Crippen LogP contribution in [-0.2, 0) is 6.54 Å². The van der Waals surface area contributed by atoms with E-state index < -0.39 is 0 Å². The molecule has 2 N–H and O–H groups in total. The minimum atomic E-state index is -0.253. The van der Waals surface area contributed by atoms with Crippen molar-refractivity contribution in [2.45, 2.75) is 25.8 Å². The highest BCUT2D eigenvalue weighted by molar-refractivity contribution is 6.44. The van der Waals surface area contributed by atoms with Crippen LogP contribution in [0.5, 0.6) is 0 Å². The van der Waals surface area contributed by atoms with E-state index >= 15 is 0 Å². The lowest BCUT2D eigenvalue weighted by molar-refractivity contribution is -0.918. The molecule has 0 bridgehead atoms. The molecule has 24 heavy (non-hydrogen) atoms. The molecule has 5 heteroatoms. The van der Waals surface area contributed by atoms with E-state index in [1.807, 2.05) is 12.1 Å². The molecular formula is C19H21Cl2N2O+. The number of hydrogen-bond donors (Lipinski definition) is 2. The van der Waals surface area contributed by atoms with Gasteiger partial charge in [0.15, 0.2) is 0 Å². The van der Waals surface area contributed by atoms with Gasteiger partial charge in [-0.3, -0.25) is 4.79 Å². The lowest BCUT2D eigenvalue weighted by Gasteiger charge is -2.23. The van der Waals surface area contributed by atoms with Gasteiger partial charge in [0.05, 0.1) is 28.7 Å². The monoisotopic (exact) mass is 363 g/mol. The number of anilines is 1. The van der Waals surface area contributed by atoms with Crippen molar-refractivity contribution in [3.05, 3.63) is 63.6 Å². The topological polar surface area (TPSA) is 33.5 Å². The van der Waals surface area contributed by atoms with Crippen LogP contribution in [0.1, 0.15) is 35.2 Å². The fourth-order valence-electron chi connectivity index (χ4n) is 3.10. The smallest absolute Gasteiger partial charge is 0.257 e. The Kier molecular flexibility index (Phi) is 5.77. The van der Waals surface area contributed by atoms with Gasteiger partial charge < -0.3 is 10.2 Å². The number of amides is 1. The fraction of sp³-hybridized carbons (Fsp3) is 0.316. The first-order valence-corrected chi connectivity index (χ1v) is 9.07. The summed E-state index contributed by atoms with van der Waals surface area (Å²) in [5.74, 6) is -0.253. The molecule has 0 spiro atoms. The lowest BCUT2D eigenvalue weighted by atomic mass is 10.1. The number of quaternary nitrogens is 1. The summed E-state index contributed by atoms with van der Waals surface area (Å²) in [7, 11) is 0. The molecule has 0 saturated carbocycles. The number of piperidine rings is 1.